The van der Waals surface area contributed by atoms with Crippen molar-refractivity contribution < 1.29 is 64.9 Å². The minimum atomic E-state index is -1.80. The Bertz CT molecular complexity index is 1400. The highest BCUT2D eigenvalue weighted by Crippen LogP contribution is 2.75. The SMILES string of the molecule is C=C(CCC=C(C)C)[C@H]1CCC2(C)C1[C@H](O)CC1[C@@]3(C)C[C@@H](O)[C@H](OC4OC(CO)[C@@H](O)[C@H](O)[C@@H]4OC4OC(CO)[C@@H](O)[C@H](O)[C@@H]4O)C(C)(C)C3CC[C@]12C. The average molecular weight is 783 g/mol. The van der Waals surface area contributed by atoms with Crippen molar-refractivity contribution in [3.05, 3.63) is 23.8 Å². The third-order valence-corrected chi connectivity index (χ3v) is 16.1. The van der Waals surface area contributed by atoms with Gasteiger partial charge in [0, 0.05) is 0 Å². The molecule has 316 valence electrons. The first-order chi connectivity index (χ1) is 25.7. The summed E-state index contributed by atoms with van der Waals surface area (Å²) in [5, 5.41) is 97.6. The average Bonchev–Trinajstić information content (AvgIpc) is 3.49. The van der Waals surface area contributed by atoms with Gasteiger partial charge < -0.3 is 64.9 Å². The van der Waals surface area contributed by atoms with Gasteiger partial charge in [0.25, 0.3) is 0 Å². The summed E-state index contributed by atoms with van der Waals surface area (Å²) in [4.78, 5) is 0. The molecular formula is C42H70O13. The van der Waals surface area contributed by atoms with Gasteiger partial charge >= 0.3 is 0 Å². The molecule has 2 aliphatic heterocycles. The van der Waals surface area contributed by atoms with Gasteiger partial charge in [0.05, 0.1) is 31.5 Å². The van der Waals surface area contributed by atoms with Gasteiger partial charge in [-0.3, -0.25) is 0 Å². The zero-order valence-corrected chi connectivity index (χ0v) is 33.8. The highest BCUT2D eigenvalue weighted by molar-refractivity contribution is 5.23. The fourth-order valence-electron chi connectivity index (χ4n) is 13.1. The summed E-state index contributed by atoms with van der Waals surface area (Å²) in [6, 6.07) is 0. The van der Waals surface area contributed by atoms with Crippen LogP contribution in [0.1, 0.15) is 99.8 Å². The Morgan fingerprint density at radius 2 is 1.33 bits per heavy atom. The number of aliphatic hydroxyl groups excluding tert-OH is 9. The zero-order valence-electron chi connectivity index (χ0n) is 33.8. The number of fused-ring (bicyclic) bond motifs is 5. The van der Waals surface area contributed by atoms with Crippen LogP contribution in [0.25, 0.3) is 0 Å². The van der Waals surface area contributed by atoms with E-state index in [9.17, 15) is 46.0 Å². The molecule has 0 bridgehead atoms. The molecule has 4 saturated carbocycles. The van der Waals surface area contributed by atoms with E-state index in [1.807, 2.05) is 0 Å². The lowest BCUT2D eigenvalue weighted by atomic mass is 9.35. The van der Waals surface area contributed by atoms with Crippen LogP contribution in [0.15, 0.2) is 23.8 Å². The largest absolute Gasteiger partial charge is 0.394 e. The van der Waals surface area contributed by atoms with Crippen LogP contribution in [-0.4, -0.2) is 139 Å². The van der Waals surface area contributed by atoms with Crippen LogP contribution in [0.4, 0.5) is 0 Å². The molecule has 2 heterocycles. The first kappa shape index (κ1) is 43.5. The summed E-state index contributed by atoms with van der Waals surface area (Å²) in [5.41, 5.74) is 1.28. The summed E-state index contributed by atoms with van der Waals surface area (Å²) >= 11 is 0. The quantitative estimate of drug-likeness (QED) is 0.115. The number of hydrogen-bond acceptors (Lipinski definition) is 13. The molecule has 0 radical (unpaired) electrons. The van der Waals surface area contributed by atoms with E-state index >= 15 is 0 Å². The normalized spacial score (nSPS) is 52.1. The summed E-state index contributed by atoms with van der Waals surface area (Å²) in [6.07, 6.45) is -9.14. The van der Waals surface area contributed by atoms with Crippen molar-refractivity contribution in [3.63, 3.8) is 0 Å². The second kappa shape index (κ2) is 15.9. The molecule has 2 saturated heterocycles. The van der Waals surface area contributed by atoms with E-state index < -0.39 is 98.4 Å². The van der Waals surface area contributed by atoms with Gasteiger partial charge in [-0.05, 0) is 111 Å². The smallest absolute Gasteiger partial charge is 0.187 e. The van der Waals surface area contributed by atoms with E-state index in [0.29, 0.717) is 12.8 Å². The Kier molecular flexibility index (Phi) is 12.6. The van der Waals surface area contributed by atoms with Gasteiger partial charge in [0.1, 0.15) is 48.8 Å². The molecule has 0 spiro atoms. The Morgan fingerprint density at radius 3 is 1.95 bits per heavy atom. The van der Waals surface area contributed by atoms with Gasteiger partial charge in [-0.25, -0.2) is 0 Å². The van der Waals surface area contributed by atoms with Crippen molar-refractivity contribution in [2.24, 2.45) is 45.3 Å². The molecule has 20 atom stereocenters. The van der Waals surface area contributed by atoms with Crippen LogP contribution in [0.5, 0.6) is 0 Å². The van der Waals surface area contributed by atoms with Gasteiger partial charge in [0.15, 0.2) is 12.6 Å². The summed E-state index contributed by atoms with van der Waals surface area (Å²) in [6.45, 7) is 18.6. The molecule has 6 rings (SSSR count). The lowest BCUT2D eigenvalue weighted by Crippen LogP contribution is -2.69. The molecule has 6 aliphatic rings. The first-order valence-electron chi connectivity index (χ1n) is 20.6. The molecule has 0 aromatic heterocycles. The molecule has 0 aromatic rings. The Morgan fingerprint density at radius 1 is 0.727 bits per heavy atom. The van der Waals surface area contributed by atoms with E-state index in [0.717, 1.165) is 38.5 Å². The van der Waals surface area contributed by atoms with E-state index in [1.165, 1.54) is 11.1 Å². The molecule has 55 heavy (non-hydrogen) atoms. The molecule has 8 unspecified atom stereocenters. The number of rotatable bonds is 10. The second-order valence-corrected chi connectivity index (χ2v) is 19.6. The van der Waals surface area contributed by atoms with Crippen LogP contribution in [0.3, 0.4) is 0 Å². The van der Waals surface area contributed by atoms with Crippen LogP contribution in [-0.2, 0) is 18.9 Å². The van der Waals surface area contributed by atoms with Gasteiger partial charge in [-0.15, -0.1) is 0 Å². The van der Waals surface area contributed by atoms with Crippen molar-refractivity contribution in [1.29, 1.82) is 0 Å². The fraction of sp³-hybridized carbons (Fsp3) is 0.905. The minimum absolute atomic E-state index is 0.0487. The van der Waals surface area contributed by atoms with Gasteiger partial charge in [0.2, 0.25) is 0 Å². The monoisotopic (exact) mass is 782 g/mol. The maximum Gasteiger partial charge on any atom is 0.187 e. The highest BCUT2D eigenvalue weighted by atomic mass is 16.8. The predicted molar refractivity (Wildman–Crippen MR) is 201 cm³/mol. The molecule has 6 fully saturated rings. The molecule has 9 N–H and O–H groups in total. The molecule has 0 amide bonds. The number of hydrogen-bond donors (Lipinski definition) is 9. The van der Waals surface area contributed by atoms with Gasteiger partial charge in [-0.2, -0.15) is 0 Å². The van der Waals surface area contributed by atoms with Crippen molar-refractivity contribution >= 4 is 0 Å². The van der Waals surface area contributed by atoms with Crippen molar-refractivity contribution in [2.45, 2.75) is 180 Å². The molecular weight excluding hydrogens is 712 g/mol. The van der Waals surface area contributed by atoms with Gasteiger partial charge in [-0.1, -0.05) is 58.4 Å². The standard InChI is InChI=1S/C42H70O13/c1-20(2)10-9-11-21(3)22-12-14-42(8)29(22)23(45)16-28-40(6)17-24(46)36(39(4,5)27(40)13-15-41(28,42)7)55-38-35(33(50)31(48)26(19-44)53-38)54-37-34(51)32(49)30(47)25(18-43)52-37/h10,22-38,43-51H,3,9,11-19H2,1-2,4-8H3/t22-,23-,24-,25?,26?,27?,28?,29?,30-,31-,32+,33+,34+,35+,36+,37?,38?,40+,41-,42?/m1/s1. The van der Waals surface area contributed by atoms with Crippen molar-refractivity contribution in [2.75, 3.05) is 13.2 Å². The molecule has 13 nitrogen and oxygen atoms in total. The lowest BCUT2D eigenvalue weighted by molar-refractivity contribution is -0.383. The Labute approximate surface area is 326 Å². The highest BCUT2D eigenvalue weighted by Gasteiger charge is 2.71. The first-order valence-corrected chi connectivity index (χ1v) is 20.6. The zero-order chi connectivity index (χ0) is 40.6. The number of ether oxygens (including phenoxy) is 4. The lowest BCUT2D eigenvalue weighted by Gasteiger charge is -2.71. The van der Waals surface area contributed by atoms with E-state index in [2.05, 4.69) is 61.1 Å². The molecule has 4 aliphatic carbocycles. The number of allylic oxidation sites excluding steroid dienone is 3. The third kappa shape index (κ3) is 7.12. The van der Waals surface area contributed by atoms with Crippen molar-refractivity contribution in [3.8, 4) is 0 Å². The summed E-state index contributed by atoms with van der Waals surface area (Å²) < 4.78 is 24.1. The maximum absolute atomic E-state index is 12.2. The number of aliphatic hydroxyl groups is 9. The van der Waals surface area contributed by atoms with E-state index in [-0.39, 0.29) is 39.9 Å². The predicted octanol–water partition coefficient (Wildman–Crippen LogP) is 1.93. The van der Waals surface area contributed by atoms with Crippen LogP contribution >= 0.6 is 0 Å². The van der Waals surface area contributed by atoms with E-state index in [1.54, 1.807) is 0 Å². The third-order valence-electron chi connectivity index (χ3n) is 16.1. The molecule has 13 heteroatoms. The Hall–Kier alpha value is -1.04. The Balaban J connectivity index is 1.25. The van der Waals surface area contributed by atoms with Crippen LogP contribution in [0.2, 0.25) is 0 Å². The summed E-state index contributed by atoms with van der Waals surface area (Å²) in [7, 11) is 0. The topological polar surface area (TPSA) is 219 Å². The fourth-order valence-corrected chi connectivity index (χ4v) is 13.1. The second-order valence-electron chi connectivity index (χ2n) is 19.6. The van der Waals surface area contributed by atoms with E-state index in [4.69, 9.17) is 18.9 Å². The van der Waals surface area contributed by atoms with Crippen LogP contribution < -0.4 is 0 Å². The van der Waals surface area contributed by atoms with Crippen molar-refractivity contribution in [1.82, 2.24) is 0 Å². The molecule has 0 aromatic carbocycles. The minimum Gasteiger partial charge on any atom is -0.394 e. The summed E-state index contributed by atoms with van der Waals surface area (Å²) in [5.74, 6) is 0.556. The van der Waals surface area contributed by atoms with Crippen LogP contribution in [0, 0.1) is 45.3 Å². The maximum atomic E-state index is 12.2.